The summed E-state index contributed by atoms with van der Waals surface area (Å²) in [6.45, 7) is 11.4. The Kier molecular flexibility index (Phi) is 6.06. The molecule has 1 spiro atoms. The van der Waals surface area contributed by atoms with Crippen molar-refractivity contribution in [2.45, 2.75) is 69.9 Å². The Morgan fingerprint density at radius 2 is 1.76 bits per heavy atom. The average Bonchev–Trinajstić information content (AvgIpc) is 2.79. The summed E-state index contributed by atoms with van der Waals surface area (Å²) in [4.78, 5) is 12.1. The monoisotopic (exact) mass is 460 g/mol. The van der Waals surface area contributed by atoms with Gasteiger partial charge in [0.05, 0.1) is 39.0 Å². The molecule has 5 aliphatic rings. The summed E-state index contributed by atoms with van der Waals surface area (Å²) in [5.74, 6) is 1.40. The fourth-order valence-corrected chi connectivity index (χ4v) is 7.52. The lowest BCUT2D eigenvalue weighted by Crippen LogP contribution is -2.78. The number of methoxy groups -OCH3 is 1. The van der Waals surface area contributed by atoms with Gasteiger partial charge in [0.15, 0.2) is 5.60 Å². The van der Waals surface area contributed by atoms with E-state index in [-0.39, 0.29) is 5.60 Å². The number of benzene rings is 1. The minimum Gasteiger partial charge on any atom is -0.494 e. The number of ether oxygens (including phenoxy) is 3. The molecular formula is C27H42NO5+. The van der Waals surface area contributed by atoms with E-state index in [2.05, 4.69) is 33.0 Å². The molecule has 0 radical (unpaired) electrons. The van der Waals surface area contributed by atoms with Crippen molar-refractivity contribution in [2.24, 2.45) is 17.8 Å². The average molecular weight is 461 g/mol. The molecule has 1 aromatic rings. The fourth-order valence-electron chi connectivity index (χ4n) is 7.52. The Bertz CT molecular complexity index is 835. The van der Waals surface area contributed by atoms with Crippen LogP contribution in [0.1, 0.15) is 58.4 Å². The number of hydrogen-bond donors (Lipinski definition) is 0. The maximum atomic E-state index is 6.79. The summed E-state index contributed by atoms with van der Waals surface area (Å²) < 4.78 is 19.9. The first-order valence-electron chi connectivity index (χ1n) is 13.0. The van der Waals surface area contributed by atoms with Gasteiger partial charge in [-0.3, -0.25) is 0 Å². The second-order valence-corrected chi connectivity index (χ2v) is 11.1. The molecule has 0 N–H and O–H groups in total. The molecule has 1 heterocycles. The van der Waals surface area contributed by atoms with Gasteiger partial charge in [0.25, 0.3) is 5.79 Å². The van der Waals surface area contributed by atoms with Gasteiger partial charge in [-0.1, -0.05) is 12.1 Å². The van der Waals surface area contributed by atoms with Crippen molar-refractivity contribution in [1.29, 1.82) is 0 Å². The molecule has 3 unspecified atom stereocenters. The third-order valence-corrected chi connectivity index (χ3v) is 9.54. The molecule has 0 aromatic heterocycles. The van der Waals surface area contributed by atoms with Crippen LogP contribution in [-0.2, 0) is 25.0 Å². The molecule has 1 aromatic carbocycles. The molecule has 6 heteroatoms. The Balaban J connectivity index is 1.39. The number of hydrogen-bond acceptors (Lipinski definition) is 5. The van der Waals surface area contributed by atoms with Gasteiger partial charge >= 0.3 is 0 Å². The zero-order chi connectivity index (χ0) is 23.3. The van der Waals surface area contributed by atoms with Crippen LogP contribution < -0.4 is 4.74 Å². The molecule has 3 atom stereocenters. The first-order chi connectivity index (χ1) is 15.9. The van der Waals surface area contributed by atoms with E-state index in [9.17, 15) is 0 Å². The van der Waals surface area contributed by atoms with E-state index in [1.54, 1.807) is 7.11 Å². The molecule has 0 amide bonds. The lowest BCUT2D eigenvalue weighted by atomic mass is 9.45. The molecule has 1 aliphatic heterocycles. The molecule has 33 heavy (non-hydrogen) atoms. The molecule has 1 saturated heterocycles. The topological polar surface area (TPSA) is 46.2 Å². The molecule has 6 nitrogen and oxygen atoms in total. The van der Waals surface area contributed by atoms with E-state index in [4.69, 9.17) is 24.0 Å². The molecule has 4 aliphatic carbocycles. The van der Waals surface area contributed by atoms with E-state index >= 15 is 0 Å². The fraction of sp³-hybridized carbons (Fsp3) is 0.778. The van der Waals surface area contributed by atoms with Crippen molar-refractivity contribution >= 4 is 0 Å². The third kappa shape index (κ3) is 3.48. The van der Waals surface area contributed by atoms with Crippen LogP contribution in [0.2, 0.25) is 0 Å². The van der Waals surface area contributed by atoms with Crippen molar-refractivity contribution in [3.05, 3.63) is 29.8 Å². The lowest BCUT2D eigenvalue weighted by molar-refractivity contribution is -0.906. The maximum Gasteiger partial charge on any atom is 0.260 e. The quantitative estimate of drug-likeness (QED) is 0.375. The molecule has 5 fully saturated rings. The summed E-state index contributed by atoms with van der Waals surface area (Å²) in [5, 5.41) is 0. The van der Waals surface area contributed by atoms with E-state index in [1.807, 2.05) is 19.1 Å². The van der Waals surface area contributed by atoms with Crippen LogP contribution in [0.25, 0.3) is 0 Å². The third-order valence-electron chi connectivity index (χ3n) is 9.54. The van der Waals surface area contributed by atoms with Gasteiger partial charge in [-0.05, 0) is 70.9 Å². The van der Waals surface area contributed by atoms with E-state index < -0.39 is 11.4 Å². The number of quaternary nitrogens is 1. The predicted molar refractivity (Wildman–Crippen MR) is 126 cm³/mol. The van der Waals surface area contributed by atoms with Crippen molar-refractivity contribution in [3.63, 3.8) is 0 Å². The van der Waals surface area contributed by atoms with Gasteiger partial charge in [0.1, 0.15) is 12.3 Å². The summed E-state index contributed by atoms with van der Waals surface area (Å²) in [6.07, 6.45) is 5.58. The smallest absolute Gasteiger partial charge is 0.260 e. The van der Waals surface area contributed by atoms with E-state index in [1.165, 1.54) is 19.3 Å². The zero-order valence-corrected chi connectivity index (χ0v) is 21.1. The van der Waals surface area contributed by atoms with Crippen LogP contribution in [0.15, 0.2) is 24.3 Å². The summed E-state index contributed by atoms with van der Waals surface area (Å²) in [5.41, 5.74) is 0.525. The van der Waals surface area contributed by atoms with Gasteiger partial charge < -0.3 is 18.7 Å². The minimum atomic E-state index is -0.885. The SMILES string of the molecule is CCOc1cccc(C2(OC)OOC23C2CC4CC3CC(OCC[N+](C)(CC)CC)(C4)C2)c1. The molecule has 184 valence electrons. The van der Waals surface area contributed by atoms with Gasteiger partial charge in [0, 0.05) is 24.5 Å². The lowest BCUT2D eigenvalue weighted by Gasteiger charge is -2.70. The van der Waals surface area contributed by atoms with Gasteiger partial charge in [-0.2, -0.15) is 4.89 Å². The van der Waals surface area contributed by atoms with Crippen molar-refractivity contribution in [1.82, 2.24) is 0 Å². The van der Waals surface area contributed by atoms with Gasteiger partial charge in [0.2, 0.25) is 0 Å². The highest BCUT2D eigenvalue weighted by molar-refractivity contribution is 5.36. The molecule has 4 saturated carbocycles. The van der Waals surface area contributed by atoms with Gasteiger partial charge in [-0.25, -0.2) is 4.89 Å². The Morgan fingerprint density at radius 1 is 1.03 bits per heavy atom. The summed E-state index contributed by atoms with van der Waals surface area (Å²) in [7, 11) is 4.09. The zero-order valence-electron chi connectivity index (χ0n) is 21.1. The molecule has 4 bridgehead atoms. The van der Waals surface area contributed by atoms with E-state index in [0.29, 0.717) is 24.4 Å². The highest BCUT2D eigenvalue weighted by Gasteiger charge is 2.78. The van der Waals surface area contributed by atoms with Crippen molar-refractivity contribution in [2.75, 3.05) is 47.0 Å². The highest BCUT2D eigenvalue weighted by atomic mass is 17.3. The van der Waals surface area contributed by atoms with Crippen LogP contribution in [0.5, 0.6) is 5.75 Å². The van der Waals surface area contributed by atoms with Crippen LogP contribution in [0, 0.1) is 17.8 Å². The van der Waals surface area contributed by atoms with Crippen molar-refractivity contribution in [3.8, 4) is 5.75 Å². The summed E-state index contributed by atoms with van der Waals surface area (Å²) >= 11 is 0. The predicted octanol–water partition coefficient (Wildman–Crippen LogP) is 4.67. The van der Waals surface area contributed by atoms with Gasteiger partial charge in [-0.15, -0.1) is 0 Å². The molecule has 6 rings (SSSR count). The minimum absolute atomic E-state index is 0.0142. The second-order valence-electron chi connectivity index (χ2n) is 11.1. The Labute approximate surface area is 199 Å². The highest BCUT2D eigenvalue weighted by Crippen LogP contribution is 2.70. The van der Waals surface area contributed by atoms with Crippen LogP contribution in [0.4, 0.5) is 0 Å². The van der Waals surface area contributed by atoms with Crippen molar-refractivity contribution < 1.29 is 28.5 Å². The normalized spacial score (nSPS) is 39.1. The maximum absolute atomic E-state index is 6.79. The number of rotatable bonds is 10. The molecular weight excluding hydrogens is 418 g/mol. The van der Waals surface area contributed by atoms with Crippen LogP contribution in [0.3, 0.4) is 0 Å². The largest absolute Gasteiger partial charge is 0.494 e. The first-order valence-corrected chi connectivity index (χ1v) is 13.0. The number of nitrogens with zero attached hydrogens (tertiary/aromatic N) is 1. The Hall–Kier alpha value is -1.18. The standard InChI is InChI=1S/C27H42NO5/c1-6-28(4,7-2)12-13-31-25-17-20-14-22(18-25)26(23(15-20)19-25)27(29-5,33-32-26)21-10-9-11-24(16-21)30-8-3/h9-11,16,20,22-23H,6-8,12-15,17-19H2,1-5H3/q+1. The second kappa shape index (κ2) is 8.49. The number of likely N-dealkylation sites (N-methyl/N-ethyl adjacent to an activating group) is 1. The first kappa shape index (κ1) is 23.6. The summed E-state index contributed by atoms with van der Waals surface area (Å²) in [6, 6.07) is 8.15. The van der Waals surface area contributed by atoms with Crippen LogP contribution in [-0.4, -0.2) is 62.7 Å². The Morgan fingerprint density at radius 3 is 2.33 bits per heavy atom. The van der Waals surface area contributed by atoms with E-state index in [0.717, 1.165) is 54.9 Å². The van der Waals surface area contributed by atoms with Crippen LogP contribution >= 0.6 is 0 Å².